The second-order valence-electron chi connectivity index (χ2n) is 6.37. The minimum absolute atomic E-state index is 0.142. The number of hydrogen-bond donors (Lipinski definition) is 0. The number of fused-ring (bicyclic) bond motifs is 2. The molecule has 1 fully saturated rings. The van der Waals surface area contributed by atoms with Crippen molar-refractivity contribution in [3.05, 3.63) is 29.5 Å². The van der Waals surface area contributed by atoms with Crippen LogP contribution < -0.4 is 9.64 Å². The van der Waals surface area contributed by atoms with Gasteiger partial charge < -0.3 is 19.4 Å². The summed E-state index contributed by atoms with van der Waals surface area (Å²) in [5, 5.41) is 0. The SMILES string of the molecule is C=C1N=C2c3c(nc(C)c(F)c3OCC3CN(C)CCN23)N1C. The van der Waals surface area contributed by atoms with E-state index in [4.69, 9.17) is 4.74 Å². The van der Waals surface area contributed by atoms with Crippen molar-refractivity contribution in [3.63, 3.8) is 0 Å². The molecule has 1 aromatic heterocycles. The zero-order chi connectivity index (χ0) is 16.3. The molecule has 0 amide bonds. The van der Waals surface area contributed by atoms with Gasteiger partial charge in [-0.15, -0.1) is 0 Å². The van der Waals surface area contributed by atoms with E-state index in [9.17, 15) is 4.39 Å². The highest BCUT2D eigenvalue weighted by atomic mass is 19.1. The van der Waals surface area contributed by atoms with Gasteiger partial charge in [-0.2, -0.15) is 0 Å². The molecule has 0 aliphatic carbocycles. The number of amidine groups is 1. The summed E-state index contributed by atoms with van der Waals surface area (Å²) in [4.78, 5) is 15.3. The van der Waals surface area contributed by atoms with E-state index in [0.717, 1.165) is 25.5 Å². The Morgan fingerprint density at radius 1 is 1.30 bits per heavy atom. The van der Waals surface area contributed by atoms with E-state index in [-0.39, 0.29) is 11.8 Å². The molecule has 1 atom stereocenters. The number of aliphatic imine (C=N–C) groups is 1. The molecular weight excluding hydrogens is 297 g/mol. The molecule has 0 aromatic carbocycles. The standard InChI is InChI=1S/C16H20FN5O/c1-9-13(17)14-12-15(18-9)21(4)10(2)19-16(12)22-6-5-20(3)7-11(22)8-23-14/h11H,2,5-8H2,1,3-4H3. The summed E-state index contributed by atoms with van der Waals surface area (Å²) >= 11 is 0. The van der Waals surface area contributed by atoms with Crippen LogP contribution in [-0.2, 0) is 0 Å². The number of aromatic nitrogens is 1. The average molecular weight is 317 g/mol. The minimum atomic E-state index is -0.398. The topological polar surface area (TPSA) is 44.2 Å². The van der Waals surface area contributed by atoms with Crippen molar-refractivity contribution in [2.24, 2.45) is 4.99 Å². The van der Waals surface area contributed by atoms with Crippen LogP contribution in [0.15, 0.2) is 17.4 Å². The lowest BCUT2D eigenvalue weighted by molar-refractivity contribution is 0.112. The molecule has 4 rings (SSSR count). The third-order valence-electron chi connectivity index (χ3n) is 4.78. The highest BCUT2D eigenvalue weighted by molar-refractivity contribution is 6.08. The van der Waals surface area contributed by atoms with E-state index in [0.29, 0.717) is 29.5 Å². The van der Waals surface area contributed by atoms with Gasteiger partial charge in [0, 0.05) is 26.7 Å². The minimum Gasteiger partial charge on any atom is -0.487 e. The van der Waals surface area contributed by atoms with Crippen molar-refractivity contribution in [3.8, 4) is 5.75 Å². The Kier molecular flexibility index (Phi) is 3.09. The van der Waals surface area contributed by atoms with Gasteiger partial charge in [0.2, 0.25) is 0 Å². The van der Waals surface area contributed by atoms with Crippen LogP contribution in [-0.4, -0.2) is 67.0 Å². The number of halogens is 1. The fourth-order valence-corrected chi connectivity index (χ4v) is 3.41. The number of pyridine rings is 1. The van der Waals surface area contributed by atoms with Gasteiger partial charge in [0.1, 0.15) is 29.6 Å². The van der Waals surface area contributed by atoms with Crippen LogP contribution in [0.2, 0.25) is 0 Å². The van der Waals surface area contributed by atoms with Crippen LogP contribution >= 0.6 is 0 Å². The lowest BCUT2D eigenvalue weighted by Gasteiger charge is -2.41. The Morgan fingerprint density at radius 3 is 2.87 bits per heavy atom. The summed E-state index contributed by atoms with van der Waals surface area (Å²) < 4.78 is 20.5. The molecule has 7 heteroatoms. The summed E-state index contributed by atoms with van der Waals surface area (Å²) in [5.74, 6) is 1.87. The Hall–Kier alpha value is -2.15. The molecule has 0 spiro atoms. The fourth-order valence-electron chi connectivity index (χ4n) is 3.41. The summed E-state index contributed by atoms with van der Waals surface area (Å²) in [7, 11) is 3.93. The van der Waals surface area contributed by atoms with E-state index in [1.54, 1.807) is 11.8 Å². The lowest BCUT2D eigenvalue weighted by Crippen LogP contribution is -2.56. The van der Waals surface area contributed by atoms with E-state index >= 15 is 0 Å². The number of piperazine rings is 1. The number of hydrogen-bond acceptors (Lipinski definition) is 6. The number of aryl methyl sites for hydroxylation is 1. The quantitative estimate of drug-likeness (QED) is 0.719. The van der Waals surface area contributed by atoms with Gasteiger partial charge in [0.05, 0.1) is 11.7 Å². The van der Waals surface area contributed by atoms with E-state index in [2.05, 4.69) is 33.4 Å². The summed E-state index contributed by atoms with van der Waals surface area (Å²) in [6.45, 7) is 8.72. The third kappa shape index (κ3) is 2.03. The monoisotopic (exact) mass is 317 g/mol. The van der Waals surface area contributed by atoms with Crippen LogP contribution in [0, 0.1) is 12.7 Å². The first-order valence-electron chi connectivity index (χ1n) is 7.77. The Bertz CT molecular complexity index is 732. The molecule has 122 valence electrons. The first-order valence-corrected chi connectivity index (χ1v) is 7.77. The van der Waals surface area contributed by atoms with Gasteiger partial charge in [0.15, 0.2) is 11.6 Å². The van der Waals surface area contributed by atoms with E-state index in [1.165, 1.54) is 0 Å². The number of anilines is 1. The van der Waals surface area contributed by atoms with Crippen molar-refractivity contribution < 1.29 is 9.13 Å². The summed E-state index contributed by atoms with van der Waals surface area (Å²) in [5.41, 5.74) is 0.978. The number of nitrogens with zero attached hydrogens (tertiary/aromatic N) is 5. The van der Waals surface area contributed by atoms with Gasteiger partial charge in [0.25, 0.3) is 0 Å². The van der Waals surface area contributed by atoms with E-state index in [1.807, 2.05) is 7.05 Å². The predicted octanol–water partition coefficient (Wildman–Crippen LogP) is 1.21. The maximum Gasteiger partial charge on any atom is 0.187 e. The van der Waals surface area contributed by atoms with Crippen molar-refractivity contribution in [2.45, 2.75) is 13.0 Å². The molecule has 0 saturated carbocycles. The maximum absolute atomic E-state index is 14.6. The zero-order valence-electron chi connectivity index (χ0n) is 13.6. The number of ether oxygens (including phenoxy) is 1. The Balaban J connectivity index is 1.94. The number of likely N-dealkylation sites (N-methyl/N-ethyl adjacent to an activating group) is 1. The zero-order valence-corrected chi connectivity index (χ0v) is 13.6. The first-order chi connectivity index (χ1) is 11.0. The average Bonchev–Trinajstić information content (AvgIpc) is 2.67. The largest absolute Gasteiger partial charge is 0.487 e. The highest BCUT2D eigenvalue weighted by Crippen LogP contribution is 2.39. The molecule has 1 unspecified atom stereocenters. The van der Waals surface area contributed by atoms with Gasteiger partial charge >= 0.3 is 0 Å². The fraction of sp³-hybridized carbons (Fsp3) is 0.500. The highest BCUT2D eigenvalue weighted by Gasteiger charge is 2.39. The second kappa shape index (κ2) is 4.92. The Morgan fingerprint density at radius 2 is 2.09 bits per heavy atom. The second-order valence-corrected chi connectivity index (χ2v) is 6.37. The molecule has 3 aliphatic heterocycles. The van der Waals surface area contributed by atoms with Crippen LogP contribution in [0.3, 0.4) is 0 Å². The molecule has 23 heavy (non-hydrogen) atoms. The molecule has 0 radical (unpaired) electrons. The van der Waals surface area contributed by atoms with Crippen molar-refractivity contribution >= 4 is 11.7 Å². The molecule has 0 N–H and O–H groups in total. The summed E-state index contributed by atoms with van der Waals surface area (Å²) in [6.07, 6.45) is 0. The number of rotatable bonds is 0. The normalized spacial score (nSPS) is 23.7. The van der Waals surface area contributed by atoms with Crippen molar-refractivity contribution in [2.75, 3.05) is 45.2 Å². The van der Waals surface area contributed by atoms with Crippen molar-refractivity contribution in [1.82, 2.24) is 14.8 Å². The van der Waals surface area contributed by atoms with Gasteiger partial charge in [-0.3, -0.25) is 0 Å². The molecule has 3 aliphatic rings. The lowest BCUT2D eigenvalue weighted by atomic mass is 10.1. The molecule has 4 heterocycles. The van der Waals surface area contributed by atoms with Gasteiger partial charge in [-0.1, -0.05) is 6.58 Å². The predicted molar refractivity (Wildman–Crippen MR) is 86.5 cm³/mol. The molecule has 1 saturated heterocycles. The molecule has 6 nitrogen and oxygen atoms in total. The Labute approximate surface area is 134 Å². The van der Waals surface area contributed by atoms with E-state index < -0.39 is 5.82 Å². The first kappa shape index (κ1) is 14.4. The molecular formula is C16H20FN5O. The summed E-state index contributed by atoms with van der Waals surface area (Å²) in [6, 6.07) is 0.142. The maximum atomic E-state index is 14.6. The van der Waals surface area contributed by atoms with Crippen LogP contribution in [0.1, 0.15) is 11.3 Å². The van der Waals surface area contributed by atoms with Crippen LogP contribution in [0.25, 0.3) is 0 Å². The third-order valence-corrected chi connectivity index (χ3v) is 4.78. The van der Waals surface area contributed by atoms with Gasteiger partial charge in [-0.05, 0) is 14.0 Å². The van der Waals surface area contributed by atoms with Crippen LogP contribution in [0.4, 0.5) is 10.2 Å². The van der Waals surface area contributed by atoms with Gasteiger partial charge in [-0.25, -0.2) is 14.4 Å². The smallest absolute Gasteiger partial charge is 0.187 e. The van der Waals surface area contributed by atoms with Crippen LogP contribution in [0.5, 0.6) is 5.75 Å². The van der Waals surface area contributed by atoms with Crippen molar-refractivity contribution in [1.29, 1.82) is 0 Å². The molecule has 1 aromatic rings. The molecule has 0 bridgehead atoms.